The van der Waals surface area contributed by atoms with E-state index in [0.29, 0.717) is 6.42 Å². The number of rotatable bonds is 4. The third-order valence-corrected chi connectivity index (χ3v) is 5.27. The van der Waals surface area contributed by atoms with Gasteiger partial charge in [-0.2, -0.15) is 0 Å². The Labute approximate surface area is 139 Å². The normalized spacial score (nSPS) is 30.1. The lowest BCUT2D eigenvalue weighted by Gasteiger charge is -2.27. The summed E-state index contributed by atoms with van der Waals surface area (Å²) in [6, 6.07) is 0. The van der Waals surface area contributed by atoms with Crippen molar-refractivity contribution in [1.29, 1.82) is 0 Å². The van der Waals surface area contributed by atoms with Crippen molar-refractivity contribution in [3.05, 3.63) is 11.6 Å². The van der Waals surface area contributed by atoms with Gasteiger partial charge in [0.15, 0.2) is 5.41 Å². The molecule has 0 aromatic carbocycles. The quantitative estimate of drug-likeness (QED) is 0.352. The maximum absolute atomic E-state index is 12.5. The zero-order chi connectivity index (χ0) is 17.5. The molecule has 7 heteroatoms. The predicted octanol–water partition coefficient (Wildman–Crippen LogP) is 0.728. The molecule has 3 atom stereocenters. The minimum absolute atomic E-state index is 0.151. The largest absolute Gasteiger partial charge is 0.465 e. The van der Waals surface area contributed by atoms with Gasteiger partial charge in [-0.1, -0.05) is 11.6 Å². The van der Waals surface area contributed by atoms with Gasteiger partial charge < -0.3 is 9.47 Å². The number of amides is 2. The van der Waals surface area contributed by atoms with E-state index in [4.69, 9.17) is 9.47 Å². The Balaban J connectivity index is 1.95. The lowest BCUT2D eigenvalue weighted by molar-refractivity contribution is -0.172. The number of carbonyl (C=O) groups is 4. The minimum atomic E-state index is -1.41. The van der Waals surface area contributed by atoms with E-state index in [2.05, 4.69) is 5.32 Å². The van der Waals surface area contributed by atoms with Crippen molar-refractivity contribution in [3.8, 4) is 0 Å². The summed E-state index contributed by atoms with van der Waals surface area (Å²) in [7, 11) is 0. The standard InChI is InChI=1S/C17H21NO6/c1-3-23-15(21)17(16(22)24-4-2)7-9-5-6-10-12(11(9)8-17)14(20)18-13(10)19/h5,10-12H,3-4,6-8H2,1-2H3,(H,18,19,20). The molecular formula is C17H21NO6. The van der Waals surface area contributed by atoms with Crippen LogP contribution in [-0.2, 0) is 28.7 Å². The van der Waals surface area contributed by atoms with Crippen molar-refractivity contribution in [2.24, 2.45) is 23.2 Å². The van der Waals surface area contributed by atoms with Crippen LogP contribution < -0.4 is 5.32 Å². The summed E-state index contributed by atoms with van der Waals surface area (Å²) in [6.45, 7) is 3.68. The third kappa shape index (κ3) is 2.34. The fraction of sp³-hybridized carbons (Fsp3) is 0.647. The van der Waals surface area contributed by atoms with E-state index in [1.165, 1.54) is 0 Å². The Hall–Kier alpha value is -2.18. The molecular weight excluding hydrogens is 314 g/mol. The Bertz CT molecular complexity index is 619. The van der Waals surface area contributed by atoms with Gasteiger partial charge >= 0.3 is 11.9 Å². The van der Waals surface area contributed by atoms with Crippen molar-refractivity contribution < 1.29 is 28.7 Å². The van der Waals surface area contributed by atoms with Crippen molar-refractivity contribution in [3.63, 3.8) is 0 Å². The zero-order valence-corrected chi connectivity index (χ0v) is 13.8. The highest BCUT2D eigenvalue weighted by Crippen LogP contribution is 2.54. The average molecular weight is 335 g/mol. The van der Waals surface area contributed by atoms with Gasteiger partial charge in [0.1, 0.15) is 0 Å². The number of ether oxygens (including phenoxy) is 2. The highest BCUT2D eigenvalue weighted by molar-refractivity contribution is 6.06. The lowest BCUT2D eigenvalue weighted by atomic mass is 9.73. The van der Waals surface area contributed by atoms with E-state index in [9.17, 15) is 19.2 Å². The van der Waals surface area contributed by atoms with E-state index < -0.39 is 29.2 Å². The van der Waals surface area contributed by atoms with Crippen LogP contribution in [0.15, 0.2) is 11.6 Å². The number of hydrogen-bond acceptors (Lipinski definition) is 6. The number of hydrogen-bond donors (Lipinski definition) is 1. The first-order valence-electron chi connectivity index (χ1n) is 8.32. The second-order valence-electron chi connectivity index (χ2n) is 6.51. The summed E-state index contributed by atoms with van der Waals surface area (Å²) in [5.41, 5.74) is -0.536. The van der Waals surface area contributed by atoms with Crippen LogP contribution in [0.4, 0.5) is 0 Å². The third-order valence-electron chi connectivity index (χ3n) is 5.27. The molecule has 0 aromatic heterocycles. The van der Waals surface area contributed by atoms with Gasteiger partial charge in [-0.3, -0.25) is 24.5 Å². The number of allylic oxidation sites excluding steroid dienone is 2. The summed E-state index contributed by atoms with van der Waals surface area (Å²) in [5.74, 6) is -3.03. The number of imide groups is 1. The van der Waals surface area contributed by atoms with E-state index in [-0.39, 0.29) is 43.8 Å². The molecule has 130 valence electrons. The Morgan fingerprint density at radius 2 is 1.75 bits per heavy atom. The smallest absolute Gasteiger partial charge is 0.323 e. The Kier molecular flexibility index (Phi) is 4.19. The van der Waals surface area contributed by atoms with Crippen LogP contribution in [0, 0.1) is 23.2 Å². The van der Waals surface area contributed by atoms with Crippen LogP contribution in [0.5, 0.6) is 0 Å². The Morgan fingerprint density at radius 1 is 1.12 bits per heavy atom. The molecule has 3 rings (SSSR count). The second kappa shape index (κ2) is 6.03. The van der Waals surface area contributed by atoms with Gasteiger partial charge in [-0.25, -0.2) is 0 Å². The van der Waals surface area contributed by atoms with Crippen LogP contribution in [-0.4, -0.2) is 37.0 Å². The first-order chi connectivity index (χ1) is 11.4. The lowest BCUT2D eigenvalue weighted by Crippen LogP contribution is -2.41. The summed E-state index contributed by atoms with van der Waals surface area (Å²) in [6.07, 6.45) is 2.69. The molecule has 0 spiro atoms. The van der Waals surface area contributed by atoms with Crippen LogP contribution in [0.3, 0.4) is 0 Å². The highest BCUT2D eigenvalue weighted by atomic mass is 16.6. The molecule has 2 fully saturated rings. The molecule has 2 amide bonds. The van der Waals surface area contributed by atoms with E-state index >= 15 is 0 Å². The number of fused-ring (bicyclic) bond motifs is 3. The second-order valence-corrected chi connectivity index (χ2v) is 6.51. The fourth-order valence-corrected chi connectivity index (χ4v) is 4.21. The molecule has 24 heavy (non-hydrogen) atoms. The molecule has 1 saturated heterocycles. The summed E-state index contributed by atoms with van der Waals surface area (Å²) in [5, 5.41) is 2.36. The van der Waals surface area contributed by atoms with Crippen LogP contribution in [0.2, 0.25) is 0 Å². The maximum Gasteiger partial charge on any atom is 0.323 e. The van der Waals surface area contributed by atoms with E-state index in [0.717, 1.165) is 5.57 Å². The zero-order valence-electron chi connectivity index (χ0n) is 13.8. The number of carbonyl (C=O) groups excluding carboxylic acids is 4. The van der Waals surface area contributed by atoms with E-state index in [1.54, 1.807) is 13.8 Å². The van der Waals surface area contributed by atoms with Crippen LogP contribution >= 0.6 is 0 Å². The van der Waals surface area contributed by atoms with Gasteiger partial charge in [0.05, 0.1) is 25.0 Å². The van der Waals surface area contributed by atoms with Crippen molar-refractivity contribution in [1.82, 2.24) is 5.32 Å². The predicted molar refractivity (Wildman–Crippen MR) is 81.3 cm³/mol. The van der Waals surface area contributed by atoms with Gasteiger partial charge in [0.25, 0.3) is 0 Å². The van der Waals surface area contributed by atoms with Gasteiger partial charge in [0, 0.05) is 0 Å². The van der Waals surface area contributed by atoms with Gasteiger partial charge in [-0.15, -0.1) is 0 Å². The molecule has 0 bridgehead atoms. The van der Waals surface area contributed by atoms with Crippen molar-refractivity contribution >= 4 is 23.8 Å². The minimum Gasteiger partial charge on any atom is -0.465 e. The van der Waals surface area contributed by atoms with Crippen molar-refractivity contribution in [2.75, 3.05) is 13.2 Å². The van der Waals surface area contributed by atoms with Gasteiger partial charge in [0.2, 0.25) is 11.8 Å². The molecule has 7 nitrogen and oxygen atoms in total. The monoisotopic (exact) mass is 335 g/mol. The molecule has 2 aliphatic carbocycles. The van der Waals surface area contributed by atoms with Gasteiger partial charge in [-0.05, 0) is 39.0 Å². The molecule has 0 radical (unpaired) electrons. The molecule has 3 aliphatic rings. The van der Waals surface area contributed by atoms with Crippen molar-refractivity contribution in [2.45, 2.75) is 33.1 Å². The van der Waals surface area contributed by atoms with Crippen LogP contribution in [0.25, 0.3) is 0 Å². The first-order valence-corrected chi connectivity index (χ1v) is 8.32. The molecule has 1 aliphatic heterocycles. The highest BCUT2D eigenvalue weighted by Gasteiger charge is 2.61. The molecule has 0 aromatic rings. The fourth-order valence-electron chi connectivity index (χ4n) is 4.21. The molecule has 1 N–H and O–H groups in total. The molecule has 1 saturated carbocycles. The summed E-state index contributed by atoms with van der Waals surface area (Å²) in [4.78, 5) is 49.2. The average Bonchev–Trinajstić information content (AvgIpc) is 3.07. The summed E-state index contributed by atoms with van der Waals surface area (Å²) >= 11 is 0. The first kappa shape index (κ1) is 16.7. The van der Waals surface area contributed by atoms with E-state index in [1.807, 2.05) is 6.08 Å². The SMILES string of the molecule is CCOC(=O)C1(C(=O)OCC)CC2=CCC3C(=O)NC(=O)C3C2C1. The number of nitrogens with one attached hydrogen (secondary N) is 1. The van der Waals surface area contributed by atoms with Crippen LogP contribution in [0.1, 0.15) is 33.1 Å². The topological polar surface area (TPSA) is 98.8 Å². The molecule has 1 heterocycles. The Morgan fingerprint density at radius 3 is 2.33 bits per heavy atom. The molecule has 3 unspecified atom stereocenters. The number of esters is 2. The summed E-state index contributed by atoms with van der Waals surface area (Å²) < 4.78 is 10.3. The maximum atomic E-state index is 12.5.